The van der Waals surface area contributed by atoms with E-state index < -0.39 is 0 Å². The highest BCUT2D eigenvalue weighted by atomic mass is 16.2. The Morgan fingerprint density at radius 2 is 1.33 bits per heavy atom. The molecule has 76 valence electrons. The molecule has 0 aromatic heterocycles. The van der Waals surface area contributed by atoms with E-state index in [2.05, 4.69) is 6.92 Å². The third-order valence-electron chi connectivity index (χ3n) is 1.76. The number of unbranched alkanes of at least 4 members (excludes halogenated alkanes) is 2. The van der Waals surface area contributed by atoms with E-state index in [0.29, 0.717) is 6.61 Å². The molecule has 0 spiro atoms. The van der Waals surface area contributed by atoms with Crippen molar-refractivity contribution < 1.29 is 5.11 Å². The molecule has 0 aromatic carbocycles. The Kier molecular flexibility index (Phi) is 20.7. The smallest absolute Gasteiger partial charge is 0.0431 e. The van der Waals surface area contributed by atoms with Gasteiger partial charge in [-0.15, -0.1) is 0 Å². The molecule has 1 aliphatic carbocycles. The van der Waals surface area contributed by atoms with Gasteiger partial charge in [0.25, 0.3) is 0 Å². The monoisotopic (exact) mass is 174 g/mol. The van der Waals surface area contributed by atoms with Gasteiger partial charge in [0.2, 0.25) is 0 Å². The molecule has 1 N–H and O–H groups in total. The zero-order valence-corrected chi connectivity index (χ0v) is 9.10. The standard InChI is InChI=1S/C5H12O.C4H8.C2H6/c1-2-3-4-5-6;1-2-4-3-1;1-2/h6H,2-5H2,1H3;1-4H2;1-2H3. The van der Waals surface area contributed by atoms with Gasteiger partial charge in [-0.2, -0.15) is 0 Å². The summed E-state index contributed by atoms with van der Waals surface area (Å²) in [6.45, 7) is 6.48. The molecule has 12 heavy (non-hydrogen) atoms. The molecule has 0 bridgehead atoms. The summed E-state index contributed by atoms with van der Waals surface area (Å²) < 4.78 is 0. The predicted molar refractivity (Wildman–Crippen MR) is 56.4 cm³/mol. The molecular formula is C11H26O. The third kappa shape index (κ3) is 16.5. The summed E-state index contributed by atoms with van der Waals surface area (Å²) in [5, 5.41) is 8.20. The van der Waals surface area contributed by atoms with Gasteiger partial charge in [0.15, 0.2) is 0 Å². The average Bonchev–Trinajstić information content (AvgIpc) is 2.02. The topological polar surface area (TPSA) is 20.2 Å². The molecular weight excluding hydrogens is 148 g/mol. The number of hydrogen-bond acceptors (Lipinski definition) is 1. The van der Waals surface area contributed by atoms with Crippen molar-refractivity contribution >= 4 is 0 Å². The summed E-state index contributed by atoms with van der Waals surface area (Å²) in [6, 6.07) is 0. The largest absolute Gasteiger partial charge is 0.396 e. The Balaban J connectivity index is 0. The molecule has 1 heteroatoms. The molecule has 1 nitrogen and oxygen atoms in total. The van der Waals surface area contributed by atoms with Crippen LogP contribution in [0.3, 0.4) is 0 Å². The van der Waals surface area contributed by atoms with E-state index in [1.54, 1.807) is 0 Å². The van der Waals surface area contributed by atoms with Crippen molar-refractivity contribution in [3.8, 4) is 0 Å². The lowest BCUT2D eigenvalue weighted by Gasteiger charge is -2.05. The van der Waals surface area contributed by atoms with Crippen LogP contribution in [0.15, 0.2) is 0 Å². The molecule has 1 aliphatic rings. The zero-order chi connectivity index (χ0) is 9.66. The summed E-state index contributed by atoms with van der Waals surface area (Å²) in [5.41, 5.74) is 0. The maximum atomic E-state index is 8.20. The predicted octanol–water partition coefficient (Wildman–Crippen LogP) is 3.76. The molecule has 0 aliphatic heterocycles. The second-order valence-electron chi connectivity index (χ2n) is 2.84. The van der Waals surface area contributed by atoms with E-state index >= 15 is 0 Å². The van der Waals surface area contributed by atoms with Crippen LogP contribution in [0, 0.1) is 0 Å². The summed E-state index contributed by atoms with van der Waals surface area (Å²) in [4.78, 5) is 0. The fourth-order valence-electron chi connectivity index (χ4n) is 0.612. The first-order valence-corrected chi connectivity index (χ1v) is 5.52. The van der Waals surface area contributed by atoms with Gasteiger partial charge >= 0.3 is 0 Å². The van der Waals surface area contributed by atoms with Crippen LogP contribution in [0.25, 0.3) is 0 Å². The van der Waals surface area contributed by atoms with Gasteiger partial charge in [0, 0.05) is 6.61 Å². The van der Waals surface area contributed by atoms with E-state index in [1.807, 2.05) is 13.8 Å². The van der Waals surface area contributed by atoms with Crippen molar-refractivity contribution in [1.82, 2.24) is 0 Å². The van der Waals surface area contributed by atoms with Crippen LogP contribution >= 0.6 is 0 Å². The van der Waals surface area contributed by atoms with Crippen molar-refractivity contribution in [2.75, 3.05) is 6.61 Å². The first kappa shape index (κ1) is 14.5. The normalized spacial score (nSPS) is 13.0. The first-order chi connectivity index (χ1) is 5.91. The van der Waals surface area contributed by atoms with Gasteiger partial charge in [-0.1, -0.05) is 59.3 Å². The van der Waals surface area contributed by atoms with Crippen molar-refractivity contribution in [3.05, 3.63) is 0 Å². The molecule has 0 unspecified atom stereocenters. The summed E-state index contributed by atoms with van der Waals surface area (Å²) in [5.74, 6) is 0. The van der Waals surface area contributed by atoms with Crippen LogP contribution in [0.5, 0.6) is 0 Å². The van der Waals surface area contributed by atoms with Crippen LogP contribution in [0.4, 0.5) is 0 Å². The second-order valence-corrected chi connectivity index (χ2v) is 2.84. The minimum absolute atomic E-state index is 0.355. The van der Waals surface area contributed by atoms with Crippen molar-refractivity contribution in [3.63, 3.8) is 0 Å². The number of rotatable bonds is 3. The Hall–Kier alpha value is -0.0400. The van der Waals surface area contributed by atoms with Crippen molar-refractivity contribution in [2.24, 2.45) is 0 Å². The molecule has 0 atom stereocenters. The van der Waals surface area contributed by atoms with Gasteiger partial charge in [-0.05, 0) is 6.42 Å². The fourth-order valence-corrected chi connectivity index (χ4v) is 0.612. The molecule has 0 amide bonds. The Labute approximate surface area is 78.2 Å². The van der Waals surface area contributed by atoms with Gasteiger partial charge in [-0.3, -0.25) is 0 Å². The van der Waals surface area contributed by atoms with E-state index in [0.717, 1.165) is 12.8 Å². The fraction of sp³-hybridized carbons (Fsp3) is 1.00. The van der Waals surface area contributed by atoms with Crippen molar-refractivity contribution in [1.29, 1.82) is 0 Å². The maximum Gasteiger partial charge on any atom is 0.0431 e. The summed E-state index contributed by atoms with van der Waals surface area (Å²) >= 11 is 0. The molecule has 0 radical (unpaired) electrons. The molecule has 0 saturated heterocycles. The quantitative estimate of drug-likeness (QED) is 0.646. The van der Waals surface area contributed by atoms with E-state index in [1.165, 1.54) is 32.1 Å². The van der Waals surface area contributed by atoms with Crippen LogP contribution in [-0.4, -0.2) is 11.7 Å². The minimum atomic E-state index is 0.355. The lowest BCUT2D eigenvalue weighted by Crippen LogP contribution is -1.85. The maximum absolute atomic E-state index is 8.20. The van der Waals surface area contributed by atoms with Crippen LogP contribution in [0.2, 0.25) is 0 Å². The van der Waals surface area contributed by atoms with Gasteiger partial charge in [0.1, 0.15) is 0 Å². The summed E-state index contributed by atoms with van der Waals surface area (Å²) in [6.07, 6.45) is 9.33. The van der Waals surface area contributed by atoms with E-state index in [9.17, 15) is 0 Å². The average molecular weight is 174 g/mol. The van der Waals surface area contributed by atoms with Gasteiger partial charge in [-0.25, -0.2) is 0 Å². The van der Waals surface area contributed by atoms with Crippen LogP contribution in [0.1, 0.15) is 65.7 Å². The summed E-state index contributed by atoms with van der Waals surface area (Å²) in [7, 11) is 0. The molecule has 1 rings (SSSR count). The number of aliphatic hydroxyl groups is 1. The molecule has 0 aromatic rings. The van der Waals surface area contributed by atoms with E-state index in [4.69, 9.17) is 5.11 Å². The lowest BCUT2D eigenvalue weighted by molar-refractivity contribution is 0.284. The highest BCUT2D eigenvalue weighted by Crippen LogP contribution is 2.15. The van der Waals surface area contributed by atoms with Gasteiger partial charge < -0.3 is 5.11 Å². The highest BCUT2D eigenvalue weighted by Gasteiger charge is 1.95. The second kappa shape index (κ2) is 17.2. The molecule has 1 saturated carbocycles. The Morgan fingerprint density at radius 1 is 0.917 bits per heavy atom. The number of aliphatic hydroxyl groups excluding tert-OH is 1. The third-order valence-corrected chi connectivity index (χ3v) is 1.76. The Morgan fingerprint density at radius 3 is 1.42 bits per heavy atom. The van der Waals surface area contributed by atoms with E-state index in [-0.39, 0.29) is 0 Å². The minimum Gasteiger partial charge on any atom is -0.396 e. The van der Waals surface area contributed by atoms with Gasteiger partial charge in [0.05, 0.1) is 0 Å². The zero-order valence-electron chi connectivity index (χ0n) is 9.10. The first-order valence-electron chi connectivity index (χ1n) is 5.52. The highest BCUT2D eigenvalue weighted by molar-refractivity contribution is 4.50. The number of hydrogen-bond donors (Lipinski definition) is 1. The lowest BCUT2D eigenvalue weighted by atomic mass is 10.0. The molecule has 1 fully saturated rings. The van der Waals surface area contributed by atoms with Crippen LogP contribution < -0.4 is 0 Å². The SMILES string of the molecule is C1CCC1.CC.CCCCCO. The molecule has 0 heterocycles. The van der Waals surface area contributed by atoms with Crippen LogP contribution in [-0.2, 0) is 0 Å². The van der Waals surface area contributed by atoms with Crippen molar-refractivity contribution in [2.45, 2.75) is 65.7 Å². The Bertz CT molecular complexity index is 41.0.